The maximum Gasteiger partial charge on any atom is 0.289 e. The molecule has 2 heterocycles. The Hall–Kier alpha value is -2.96. The topological polar surface area (TPSA) is 64.3 Å². The highest BCUT2D eigenvalue weighted by molar-refractivity contribution is 5.91. The van der Waals surface area contributed by atoms with E-state index in [-0.39, 0.29) is 11.9 Å². The number of aliphatic imine (C=N–C) groups is 1. The second-order valence-electron chi connectivity index (χ2n) is 7.25. The van der Waals surface area contributed by atoms with Gasteiger partial charge in [0.05, 0.1) is 12.8 Å². The van der Waals surface area contributed by atoms with Crippen molar-refractivity contribution in [2.75, 3.05) is 51.2 Å². The normalized spacial score (nSPS) is 15.9. The Bertz CT molecular complexity index is 783. The molecule has 1 aromatic heterocycles. The van der Waals surface area contributed by atoms with Gasteiger partial charge in [-0.05, 0) is 38.1 Å². The van der Waals surface area contributed by atoms with E-state index in [4.69, 9.17) is 9.41 Å². The zero-order valence-electron chi connectivity index (χ0n) is 17.5. The molecular formula is C22H31N5O2. The predicted molar refractivity (Wildman–Crippen MR) is 116 cm³/mol. The molecule has 1 aliphatic rings. The van der Waals surface area contributed by atoms with E-state index in [1.165, 1.54) is 12.0 Å². The first kappa shape index (κ1) is 20.8. The van der Waals surface area contributed by atoms with Crippen molar-refractivity contribution < 1.29 is 9.21 Å². The Labute approximate surface area is 173 Å². The van der Waals surface area contributed by atoms with Crippen LogP contribution in [0.1, 0.15) is 24.4 Å². The minimum Gasteiger partial charge on any atom is -0.459 e. The van der Waals surface area contributed by atoms with Crippen LogP contribution in [-0.4, -0.2) is 74.0 Å². The Morgan fingerprint density at radius 2 is 1.83 bits per heavy atom. The van der Waals surface area contributed by atoms with Crippen LogP contribution in [0.5, 0.6) is 0 Å². The van der Waals surface area contributed by atoms with Crippen molar-refractivity contribution in [2.24, 2.45) is 4.99 Å². The molecule has 1 aromatic carbocycles. The summed E-state index contributed by atoms with van der Waals surface area (Å²) in [6, 6.07) is 14.1. The predicted octanol–water partition coefficient (Wildman–Crippen LogP) is 2.53. The fourth-order valence-electron chi connectivity index (χ4n) is 3.36. The number of rotatable bonds is 6. The number of nitrogens with zero attached hydrogens (tertiary/aromatic N) is 4. The zero-order chi connectivity index (χ0) is 20.6. The van der Waals surface area contributed by atoms with E-state index in [1.807, 2.05) is 11.0 Å². The lowest BCUT2D eigenvalue weighted by Crippen LogP contribution is -2.54. The Morgan fingerprint density at radius 1 is 1.14 bits per heavy atom. The molecule has 0 aliphatic carbocycles. The van der Waals surface area contributed by atoms with Crippen LogP contribution in [0.15, 0.2) is 58.1 Å². The number of furan rings is 1. The maximum absolute atomic E-state index is 12.5. The average molecular weight is 398 g/mol. The number of guanidine groups is 1. The van der Waals surface area contributed by atoms with E-state index in [9.17, 15) is 4.79 Å². The fraction of sp³-hybridized carbons (Fsp3) is 0.455. The van der Waals surface area contributed by atoms with Crippen molar-refractivity contribution in [2.45, 2.75) is 19.9 Å². The van der Waals surface area contributed by atoms with E-state index < -0.39 is 0 Å². The quantitative estimate of drug-likeness (QED) is 0.599. The molecule has 0 bridgehead atoms. The molecule has 1 atom stereocenters. The highest BCUT2D eigenvalue weighted by Crippen LogP contribution is 2.14. The number of hydrogen-bond acceptors (Lipinski definition) is 4. The van der Waals surface area contributed by atoms with Gasteiger partial charge in [0, 0.05) is 51.5 Å². The van der Waals surface area contributed by atoms with Crippen LogP contribution in [0.2, 0.25) is 0 Å². The van der Waals surface area contributed by atoms with Crippen molar-refractivity contribution >= 4 is 17.6 Å². The number of anilines is 1. The first-order chi connectivity index (χ1) is 14.1. The van der Waals surface area contributed by atoms with Gasteiger partial charge in [-0.3, -0.25) is 9.79 Å². The molecule has 7 nitrogen and oxygen atoms in total. The third-order valence-corrected chi connectivity index (χ3v) is 5.26. The molecule has 3 rings (SSSR count). The van der Waals surface area contributed by atoms with Gasteiger partial charge in [-0.15, -0.1) is 0 Å². The summed E-state index contributed by atoms with van der Waals surface area (Å²) in [7, 11) is 2.10. The highest BCUT2D eigenvalue weighted by Gasteiger charge is 2.25. The first-order valence-corrected chi connectivity index (χ1v) is 10.2. The summed E-state index contributed by atoms with van der Waals surface area (Å²) in [4.78, 5) is 23.6. The minimum atomic E-state index is -0.0466. The van der Waals surface area contributed by atoms with Gasteiger partial charge in [0.25, 0.3) is 5.91 Å². The second-order valence-corrected chi connectivity index (χ2v) is 7.25. The summed E-state index contributed by atoms with van der Waals surface area (Å²) < 4.78 is 5.24. The molecule has 2 aromatic rings. The molecule has 1 amide bonds. The van der Waals surface area contributed by atoms with Gasteiger partial charge >= 0.3 is 0 Å². The molecule has 1 saturated heterocycles. The number of piperazine rings is 1. The second kappa shape index (κ2) is 10.0. The summed E-state index contributed by atoms with van der Waals surface area (Å²) in [5.74, 6) is 1.26. The van der Waals surface area contributed by atoms with Gasteiger partial charge in [0.15, 0.2) is 11.7 Å². The van der Waals surface area contributed by atoms with Gasteiger partial charge in [-0.1, -0.05) is 18.2 Å². The van der Waals surface area contributed by atoms with Crippen molar-refractivity contribution in [1.82, 2.24) is 15.1 Å². The van der Waals surface area contributed by atoms with E-state index in [0.717, 1.165) is 25.6 Å². The number of hydrogen-bond donors (Lipinski definition) is 1. The SMILES string of the molecule is CCNC(=NCC(C)N(C)c1ccccc1)N1CCN(C(=O)c2ccco2)CC1. The van der Waals surface area contributed by atoms with Gasteiger partial charge < -0.3 is 24.4 Å². The lowest BCUT2D eigenvalue weighted by Gasteiger charge is -2.36. The Balaban J connectivity index is 1.57. The Morgan fingerprint density at radius 3 is 2.45 bits per heavy atom. The maximum atomic E-state index is 12.5. The van der Waals surface area contributed by atoms with Gasteiger partial charge in [-0.25, -0.2) is 0 Å². The third-order valence-electron chi connectivity index (χ3n) is 5.26. The molecule has 7 heteroatoms. The third kappa shape index (κ3) is 5.31. The van der Waals surface area contributed by atoms with Gasteiger partial charge in [0.1, 0.15) is 0 Å². The first-order valence-electron chi connectivity index (χ1n) is 10.2. The molecule has 1 N–H and O–H groups in total. The number of carbonyl (C=O) groups excluding carboxylic acids is 1. The molecule has 1 fully saturated rings. The van der Waals surface area contributed by atoms with Gasteiger partial charge in [-0.2, -0.15) is 0 Å². The Kier molecular flexibility index (Phi) is 7.16. The fourth-order valence-corrected chi connectivity index (χ4v) is 3.36. The number of carbonyl (C=O) groups is 1. The van der Waals surface area contributed by atoms with Crippen LogP contribution < -0.4 is 10.2 Å². The van der Waals surface area contributed by atoms with Crippen LogP contribution in [0.4, 0.5) is 5.69 Å². The van der Waals surface area contributed by atoms with Crippen molar-refractivity contribution in [3.05, 3.63) is 54.5 Å². The number of likely N-dealkylation sites (N-methyl/N-ethyl adjacent to an activating group) is 1. The summed E-state index contributed by atoms with van der Waals surface area (Å²) in [6.45, 7) is 8.58. The molecular weight excluding hydrogens is 366 g/mol. The van der Waals surface area contributed by atoms with E-state index in [2.05, 4.69) is 60.3 Å². The molecule has 0 spiro atoms. The lowest BCUT2D eigenvalue weighted by atomic mass is 10.2. The molecule has 29 heavy (non-hydrogen) atoms. The molecule has 0 saturated carbocycles. The number of para-hydroxylation sites is 1. The summed E-state index contributed by atoms with van der Waals surface area (Å²) in [6.07, 6.45) is 1.53. The largest absolute Gasteiger partial charge is 0.459 e. The van der Waals surface area contributed by atoms with Gasteiger partial charge in [0.2, 0.25) is 0 Å². The van der Waals surface area contributed by atoms with Crippen LogP contribution in [0, 0.1) is 0 Å². The molecule has 0 radical (unpaired) electrons. The lowest BCUT2D eigenvalue weighted by molar-refractivity contribution is 0.0657. The molecule has 1 unspecified atom stereocenters. The van der Waals surface area contributed by atoms with Crippen molar-refractivity contribution in [3.8, 4) is 0 Å². The average Bonchev–Trinajstić information content (AvgIpc) is 3.31. The van der Waals surface area contributed by atoms with Crippen LogP contribution in [0.3, 0.4) is 0 Å². The van der Waals surface area contributed by atoms with Crippen LogP contribution in [-0.2, 0) is 0 Å². The number of benzene rings is 1. The smallest absolute Gasteiger partial charge is 0.289 e. The van der Waals surface area contributed by atoms with E-state index in [0.29, 0.717) is 25.4 Å². The molecule has 156 valence electrons. The number of nitrogens with one attached hydrogen (secondary N) is 1. The van der Waals surface area contributed by atoms with Crippen molar-refractivity contribution in [1.29, 1.82) is 0 Å². The number of amides is 1. The highest BCUT2D eigenvalue weighted by atomic mass is 16.3. The summed E-state index contributed by atoms with van der Waals surface area (Å²) >= 11 is 0. The van der Waals surface area contributed by atoms with Crippen LogP contribution >= 0.6 is 0 Å². The summed E-state index contributed by atoms with van der Waals surface area (Å²) in [5, 5.41) is 3.39. The zero-order valence-corrected chi connectivity index (χ0v) is 17.5. The van der Waals surface area contributed by atoms with Crippen LogP contribution in [0.25, 0.3) is 0 Å². The van der Waals surface area contributed by atoms with Crippen molar-refractivity contribution in [3.63, 3.8) is 0 Å². The van der Waals surface area contributed by atoms with E-state index in [1.54, 1.807) is 12.1 Å². The summed E-state index contributed by atoms with van der Waals surface area (Å²) in [5.41, 5.74) is 1.19. The minimum absolute atomic E-state index is 0.0466. The van der Waals surface area contributed by atoms with E-state index >= 15 is 0 Å². The monoisotopic (exact) mass is 397 g/mol. The molecule has 1 aliphatic heterocycles. The standard InChI is InChI=1S/C22H31N5O2/c1-4-23-22(24-17-18(2)25(3)19-9-6-5-7-10-19)27-14-12-26(13-15-27)21(28)20-11-8-16-29-20/h5-11,16,18H,4,12-15,17H2,1-3H3,(H,23,24).